The first-order valence-corrected chi connectivity index (χ1v) is 9.67. The van der Waals surface area contributed by atoms with Crippen LogP contribution in [0.4, 0.5) is 0 Å². The average molecular weight is 327 g/mol. The minimum Gasteiger partial charge on any atom is -0.293 e. The molecule has 0 aromatic carbocycles. The van der Waals surface area contributed by atoms with E-state index in [1.807, 2.05) is 13.2 Å². The third-order valence-corrected chi connectivity index (χ3v) is 6.86. The normalized spacial score (nSPS) is 28.0. The highest BCUT2D eigenvalue weighted by Gasteiger charge is 2.38. The van der Waals surface area contributed by atoms with E-state index >= 15 is 0 Å². The largest absolute Gasteiger partial charge is 0.293 e. The molecule has 0 saturated carbocycles. The third-order valence-electron chi connectivity index (χ3n) is 4.83. The van der Waals surface area contributed by atoms with Crippen LogP contribution in [0.25, 0.3) is 0 Å². The second-order valence-electron chi connectivity index (χ2n) is 6.44. The Morgan fingerprint density at radius 1 is 1.32 bits per heavy atom. The first-order chi connectivity index (χ1) is 10.5. The van der Waals surface area contributed by atoms with Gasteiger partial charge in [-0.3, -0.25) is 9.58 Å². The van der Waals surface area contributed by atoms with Gasteiger partial charge in [0.25, 0.3) is 0 Å². The monoisotopic (exact) mass is 327 g/mol. The fraction of sp³-hybridized carbons (Fsp3) is 0.857. The van der Waals surface area contributed by atoms with Gasteiger partial charge >= 0.3 is 0 Å². The summed E-state index contributed by atoms with van der Waals surface area (Å²) in [5.74, 6) is 0.300. The molecule has 1 aromatic heterocycles. The number of hydrogen-bond donors (Lipinski definition) is 0. The van der Waals surface area contributed by atoms with E-state index in [1.165, 1.54) is 6.42 Å². The highest BCUT2D eigenvalue weighted by atomic mass is 32.2. The molecule has 2 atom stereocenters. The van der Waals surface area contributed by atoms with Crippen molar-refractivity contribution in [2.75, 3.05) is 18.8 Å². The van der Waals surface area contributed by atoms with Crippen LogP contribution >= 0.6 is 0 Å². The highest BCUT2D eigenvalue weighted by molar-refractivity contribution is 7.89. The molecule has 0 radical (unpaired) electrons. The van der Waals surface area contributed by atoms with Gasteiger partial charge in [-0.05, 0) is 32.7 Å². The molecule has 3 rings (SSSR count). The van der Waals surface area contributed by atoms with Gasteiger partial charge in [-0.25, -0.2) is 8.42 Å². The van der Waals surface area contributed by atoms with Crippen LogP contribution in [0, 0.1) is 0 Å². The Hall–Kier alpha value is -0.990. The highest BCUT2D eigenvalue weighted by Crippen LogP contribution is 2.27. The molecule has 0 amide bonds. The van der Waals surface area contributed by atoms with E-state index in [-0.39, 0.29) is 12.1 Å². The van der Waals surface area contributed by atoms with Crippen molar-refractivity contribution in [3.63, 3.8) is 0 Å². The quantitative estimate of drug-likeness (QED) is 0.809. The molecule has 2 fully saturated rings. The molecular formula is C14H25N5O2S. The minimum atomic E-state index is -3.05. The lowest BCUT2D eigenvalue weighted by molar-refractivity contribution is 0.0871. The zero-order valence-electron chi connectivity index (χ0n) is 13.3. The summed E-state index contributed by atoms with van der Waals surface area (Å²) in [6.45, 7) is 4.47. The topological polar surface area (TPSA) is 71.3 Å². The van der Waals surface area contributed by atoms with Crippen LogP contribution in [0.5, 0.6) is 0 Å². The molecule has 2 unspecified atom stereocenters. The van der Waals surface area contributed by atoms with Crippen molar-refractivity contribution in [2.24, 2.45) is 7.05 Å². The molecule has 0 aliphatic carbocycles. The SMILES string of the molecule is CC(C1CCCCN1Cc1cn(C)nn1)N1CCCS1(=O)=O. The van der Waals surface area contributed by atoms with Gasteiger partial charge in [0.2, 0.25) is 10.0 Å². The molecular weight excluding hydrogens is 302 g/mol. The van der Waals surface area contributed by atoms with Crippen LogP contribution in [0.2, 0.25) is 0 Å². The fourth-order valence-electron chi connectivity index (χ4n) is 3.74. The zero-order chi connectivity index (χ0) is 15.7. The lowest BCUT2D eigenvalue weighted by Crippen LogP contribution is -2.52. The Bertz CT molecular complexity index is 615. The summed E-state index contributed by atoms with van der Waals surface area (Å²) in [5.41, 5.74) is 0.950. The van der Waals surface area contributed by atoms with Crippen LogP contribution in [-0.2, 0) is 23.6 Å². The van der Waals surface area contributed by atoms with Gasteiger partial charge in [0.05, 0.1) is 11.4 Å². The molecule has 2 aliphatic heterocycles. The number of sulfonamides is 1. The van der Waals surface area contributed by atoms with Gasteiger partial charge < -0.3 is 0 Å². The molecule has 3 heterocycles. The van der Waals surface area contributed by atoms with Crippen molar-refractivity contribution in [1.29, 1.82) is 0 Å². The van der Waals surface area contributed by atoms with Gasteiger partial charge in [0.15, 0.2) is 0 Å². The lowest BCUT2D eigenvalue weighted by Gasteiger charge is -2.41. The first kappa shape index (κ1) is 15.9. The maximum atomic E-state index is 12.2. The van der Waals surface area contributed by atoms with E-state index < -0.39 is 10.0 Å². The number of nitrogens with zero attached hydrogens (tertiary/aromatic N) is 5. The predicted octanol–water partition coefficient (Wildman–Crippen LogP) is 0.594. The number of aryl methyl sites for hydroxylation is 1. The smallest absolute Gasteiger partial charge is 0.214 e. The zero-order valence-corrected chi connectivity index (χ0v) is 14.2. The molecule has 0 spiro atoms. The second kappa shape index (κ2) is 6.25. The van der Waals surface area contributed by atoms with Crippen LogP contribution in [0.3, 0.4) is 0 Å². The standard InChI is InChI=1S/C14H25N5O2S/c1-12(19-8-5-9-22(19,20)21)14-6-3-4-7-18(14)11-13-10-17(2)16-15-13/h10,12,14H,3-9,11H2,1-2H3. The molecule has 124 valence electrons. The Kier molecular flexibility index (Phi) is 4.52. The Morgan fingerprint density at radius 2 is 2.14 bits per heavy atom. The molecule has 1 aromatic rings. The summed E-state index contributed by atoms with van der Waals surface area (Å²) < 4.78 is 27.8. The Labute approximate surface area is 132 Å². The average Bonchev–Trinajstić information content (AvgIpc) is 3.04. The van der Waals surface area contributed by atoms with Crippen LogP contribution in [0.15, 0.2) is 6.20 Å². The summed E-state index contributed by atoms with van der Waals surface area (Å²) in [5, 5.41) is 8.16. The van der Waals surface area contributed by atoms with Crippen molar-refractivity contribution in [2.45, 2.75) is 51.2 Å². The van der Waals surface area contributed by atoms with Gasteiger partial charge in [-0.1, -0.05) is 11.6 Å². The lowest BCUT2D eigenvalue weighted by atomic mass is 9.96. The van der Waals surface area contributed by atoms with Gasteiger partial charge in [-0.15, -0.1) is 5.10 Å². The molecule has 7 nitrogen and oxygen atoms in total. The van der Waals surface area contributed by atoms with E-state index in [1.54, 1.807) is 8.99 Å². The van der Waals surface area contributed by atoms with Gasteiger partial charge in [-0.2, -0.15) is 4.31 Å². The van der Waals surface area contributed by atoms with E-state index in [4.69, 9.17) is 0 Å². The summed E-state index contributed by atoms with van der Waals surface area (Å²) in [6, 6.07) is 0.299. The Morgan fingerprint density at radius 3 is 2.77 bits per heavy atom. The summed E-state index contributed by atoms with van der Waals surface area (Å²) >= 11 is 0. The maximum Gasteiger partial charge on any atom is 0.214 e. The molecule has 0 bridgehead atoms. The second-order valence-corrected chi connectivity index (χ2v) is 8.48. The van der Waals surface area contributed by atoms with Crippen molar-refractivity contribution in [3.05, 3.63) is 11.9 Å². The van der Waals surface area contributed by atoms with E-state index in [9.17, 15) is 8.42 Å². The number of piperidine rings is 1. The van der Waals surface area contributed by atoms with Crippen molar-refractivity contribution >= 4 is 10.0 Å². The van der Waals surface area contributed by atoms with Crippen molar-refractivity contribution in [1.82, 2.24) is 24.2 Å². The van der Waals surface area contributed by atoms with E-state index in [0.29, 0.717) is 12.3 Å². The Balaban J connectivity index is 1.74. The van der Waals surface area contributed by atoms with Crippen LogP contribution in [0.1, 0.15) is 38.3 Å². The molecule has 2 aliphatic rings. The van der Waals surface area contributed by atoms with Crippen molar-refractivity contribution < 1.29 is 8.42 Å². The van der Waals surface area contributed by atoms with E-state index in [2.05, 4.69) is 22.1 Å². The molecule has 0 N–H and O–H groups in total. The van der Waals surface area contributed by atoms with Crippen LogP contribution < -0.4 is 0 Å². The third kappa shape index (κ3) is 3.18. The van der Waals surface area contributed by atoms with Crippen LogP contribution in [-0.4, -0.2) is 63.5 Å². The van der Waals surface area contributed by atoms with Gasteiger partial charge in [0.1, 0.15) is 0 Å². The predicted molar refractivity (Wildman–Crippen MR) is 83.6 cm³/mol. The first-order valence-electron chi connectivity index (χ1n) is 8.06. The van der Waals surface area contributed by atoms with Gasteiger partial charge in [0, 0.05) is 38.4 Å². The summed E-state index contributed by atoms with van der Waals surface area (Å²) in [6.07, 6.45) is 6.07. The number of likely N-dealkylation sites (tertiary alicyclic amines) is 1. The molecule has 2 saturated heterocycles. The molecule has 8 heteroatoms. The maximum absolute atomic E-state index is 12.2. The van der Waals surface area contributed by atoms with E-state index in [0.717, 1.165) is 38.0 Å². The minimum absolute atomic E-state index is 0.0319. The van der Waals surface area contributed by atoms with Crippen molar-refractivity contribution in [3.8, 4) is 0 Å². The fourth-order valence-corrected chi connectivity index (χ4v) is 5.53. The summed E-state index contributed by atoms with van der Waals surface area (Å²) in [7, 11) is -1.19. The number of rotatable bonds is 4. The summed E-state index contributed by atoms with van der Waals surface area (Å²) in [4.78, 5) is 2.38. The number of hydrogen-bond acceptors (Lipinski definition) is 5. The number of aromatic nitrogens is 3. The molecule has 22 heavy (non-hydrogen) atoms.